The predicted molar refractivity (Wildman–Crippen MR) is 150 cm³/mol. The van der Waals surface area contributed by atoms with Crippen LogP contribution in [-0.2, 0) is 61.7 Å². The molecule has 0 amide bonds. The SMILES string of the molecule is CCC(C)OCCOCCOC(=O)C(C)OC(=O)OCCOCCOC(=O)OC(C)C(=O)OCCOCCOC(C)CC. The molecule has 0 N–H and O–H groups in total. The molecule has 0 saturated carbocycles. The summed E-state index contributed by atoms with van der Waals surface area (Å²) >= 11 is 0. The Balaban J connectivity index is 3.73. The maximum Gasteiger partial charge on any atom is 0.509 e. The van der Waals surface area contributed by atoms with Crippen molar-refractivity contribution in [3.8, 4) is 0 Å². The number of rotatable bonds is 26. The maximum absolute atomic E-state index is 11.9. The van der Waals surface area contributed by atoms with Gasteiger partial charge in [0.15, 0.2) is 12.2 Å². The molecule has 0 spiro atoms. The van der Waals surface area contributed by atoms with Gasteiger partial charge in [-0.15, -0.1) is 0 Å². The average molecular weight is 627 g/mol. The molecule has 43 heavy (non-hydrogen) atoms. The van der Waals surface area contributed by atoms with Gasteiger partial charge in [0.2, 0.25) is 0 Å². The summed E-state index contributed by atoms with van der Waals surface area (Å²) in [6.45, 7) is 12.3. The molecule has 252 valence electrons. The smallest absolute Gasteiger partial charge is 0.461 e. The Hall–Kier alpha value is -2.72. The van der Waals surface area contributed by atoms with E-state index in [-0.39, 0.29) is 65.1 Å². The third-order valence-electron chi connectivity index (χ3n) is 5.46. The highest BCUT2D eigenvalue weighted by Crippen LogP contribution is 2.01. The summed E-state index contributed by atoms with van der Waals surface area (Å²) in [5, 5.41) is 0. The van der Waals surface area contributed by atoms with Crippen LogP contribution in [0.3, 0.4) is 0 Å². The molecule has 15 heteroatoms. The van der Waals surface area contributed by atoms with Crippen molar-refractivity contribution in [1.82, 2.24) is 0 Å². The lowest BCUT2D eigenvalue weighted by molar-refractivity contribution is -0.156. The highest BCUT2D eigenvalue weighted by molar-refractivity contribution is 5.77. The van der Waals surface area contributed by atoms with Crippen molar-refractivity contribution in [2.24, 2.45) is 0 Å². The van der Waals surface area contributed by atoms with E-state index in [4.69, 9.17) is 52.1 Å². The lowest BCUT2D eigenvalue weighted by Gasteiger charge is -2.14. The molecule has 0 rings (SSSR count). The van der Waals surface area contributed by atoms with Gasteiger partial charge in [0, 0.05) is 0 Å². The second kappa shape index (κ2) is 26.9. The number of carbonyl (C=O) groups excluding carboxylic acids is 4. The van der Waals surface area contributed by atoms with Crippen LogP contribution in [0.4, 0.5) is 9.59 Å². The lowest BCUT2D eigenvalue weighted by Crippen LogP contribution is -2.28. The van der Waals surface area contributed by atoms with Gasteiger partial charge in [-0.25, -0.2) is 19.2 Å². The van der Waals surface area contributed by atoms with Gasteiger partial charge in [-0.2, -0.15) is 0 Å². The molecular weight excluding hydrogens is 576 g/mol. The summed E-state index contributed by atoms with van der Waals surface area (Å²) in [5.74, 6) is -1.49. The van der Waals surface area contributed by atoms with E-state index in [1.54, 1.807) is 0 Å². The summed E-state index contributed by atoms with van der Waals surface area (Å²) < 4.78 is 55.9. The third-order valence-corrected chi connectivity index (χ3v) is 5.46. The lowest BCUT2D eigenvalue weighted by atomic mass is 10.3. The van der Waals surface area contributed by atoms with Gasteiger partial charge in [0.05, 0.1) is 65.1 Å². The molecule has 0 aromatic rings. The predicted octanol–water partition coefficient (Wildman–Crippen LogP) is 2.84. The van der Waals surface area contributed by atoms with Crippen molar-refractivity contribution in [2.75, 3.05) is 79.3 Å². The van der Waals surface area contributed by atoms with Gasteiger partial charge in [-0.3, -0.25) is 0 Å². The van der Waals surface area contributed by atoms with E-state index in [2.05, 4.69) is 0 Å². The number of carbonyl (C=O) groups is 4. The number of esters is 2. The molecule has 0 heterocycles. The fraction of sp³-hybridized carbons (Fsp3) is 0.857. The van der Waals surface area contributed by atoms with Crippen LogP contribution in [-0.4, -0.2) is 128 Å². The van der Waals surface area contributed by atoms with Crippen molar-refractivity contribution >= 4 is 24.2 Å². The fourth-order valence-corrected chi connectivity index (χ4v) is 2.62. The zero-order chi connectivity index (χ0) is 32.3. The Morgan fingerprint density at radius 1 is 0.442 bits per heavy atom. The normalized spacial score (nSPS) is 13.7. The van der Waals surface area contributed by atoms with Crippen LogP contribution in [0.25, 0.3) is 0 Å². The first-order valence-corrected chi connectivity index (χ1v) is 14.6. The van der Waals surface area contributed by atoms with Crippen LogP contribution in [0.1, 0.15) is 54.4 Å². The zero-order valence-electron chi connectivity index (χ0n) is 26.3. The number of hydrogen-bond acceptors (Lipinski definition) is 15. The monoisotopic (exact) mass is 626 g/mol. The molecule has 0 saturated heterocycles. The summed E-state index contributed by atoms with van der Waals surface area (Å²) in [5.41, 5.74) is 0. The van der Waals surface area contributed by atoms with Crippen LogP contribution in [0.2, 0.25) is 0 Å². The van der Waals surface area contributed by atoms with E-state index in [1.165, 1.54) is 13.8 Å². The van der Waals surface area contributed by atoms with E-state index in [0.717, 1.165) is 12.8 Å². The Labute approximate surface area is 253 Å². The molecule has 0 fully saturated rings. The first-order chi connectivity index (χ1) is 20.6. The zero-order valence-corrected chi connectivity index (χ0v) is 26.3. The highest BCUT2D eigenvalue weighted by Gasteiger charge is 2.21. The minimum atomic E-state index is -1.17. The molecule has 0 bridgehead atoms. The molecular formula is C28H50O15. The molecule has 0 aliphatic carbocycles. The Bertz CT molecular complexity index is 688. The van der Waals surface area contributed by atoms with E-state index < -0.39 is 36.5 Å². The third kappa shape index (κ3) is 24.4. The molecule has 0 aromatic heterocycles. The summed E-state index contributed by atoms with van der Waals surface area (Å²) in [6.07, 6.45) is -2.35. The molecule has 0 aromatic carbocycles. The van der Waals surface area contributed by atoms with Gasteiger partial charge in [0.25, 0.3) is 0 Å². The van der Waals surface area contributed by atoms with Crippen LogP contribution < -0.4 is 0 Å². The molecule has 4 unspecified atom stereocenters. The van der Waals surface area contributed by atoms with Gasteiger partial charge in [-0.1, -0.05) is 13.8 Å². The van der Waals surface area contributed by atoms with Gasteiger partial charge in [0.1, 0.15) is 26.4 Å². The summed E-state index contributed by atoms with van der Waals surface area (Å²) in [4.78, 5) is 47.1. The van der Waals surface area contributed by atoms with Gasteiger partial charge < -0.3 is 52.1 Å². The first-order valence-electron chi connectivity index (χ1n) is 14.6. The minimum absolute atomic E-state index is 0.00211. The van der Waals surface area contributed by atoms with E-state index in [9.17, 15) is 19.2 Å². The van der Waals surface area contributed by atoms with Gasteiger partial charge in [-0.05, 0) is 40.5 Å². The van der Waals surface area contributed by atoms with Crippen molar-refractivity contribution in [3.05, 3.63) is 0 Å². The molecule has 0 aliphatic rings. The highest BCUT2D eigenvalue weighted by atomic mass is 16.7. The number of ether oxygens (including phenoxy) is 11. The number of hydrogen-bond donors (Lipinski definition) is 0. The second-order valence-corrected chi connectivity index (χ2v) is 9.07. The van der Waals surface area contributed by atoms with Crippen LogP contribution in [0.15, 0.2) is 0 Å². The molecule has 0 radical (unpaired) electrons. The van der Waals surface area contributed by atoms with E-state index >= 15 is 0 Å². The minimum Gasteiger partial charge on any atom is -0.461 e. The summed E-state index contributed by atoms with van der Waals surface area (Å²) in [6, 6.07) is 0. The van der Waals surface area contributed by atoms with Gasteiger partial charge >= 0.3 is 24.2 Å². The topological polar surface area (TPSA) is 170 Å². The van der Waals surface area contributed by atoms with E-state index in [0.29, 0.717) is 26.4 Å². The molecule has 4 atom stereocenters. The Kier molecular flexibility index (Phi) is 25.2. The van der Waals surface area contributed by atoms with E-state index in [1.807, 2.05) is 27.7 Å². The van der Waals surface area contributed by atoms with Crippen molar-refractivity contribution < 1.29 is 71.3 Å². The maximum atomic E-state index is 11.9. The van der Waals surface area contributed by atoms with Crippen LogP contribution >= 0.6 is 0 Å². The van der Waals surface area contributed by atoms with Crippen LogP contribution in [0.5, 0.6) is 0 Å². The summed E-state index contributed by atoms with van der Waals surface area (Å²) in [7, 11) is 0. The Morgan fingerprint density at radius 3 is 1.07 bits per heavy atom. The largest absolute Gasteiger partial charge is 0.509 e. The standard InChI is InChI=1S/C28H50O15/c1-7-21(3)36-15-9-33-11-17-38-25(29)23(5)42-27(31)40-19-13-35-14-20-41-28(32)43-24(6)26(30)39-18-12-34-10-16-37-22(4)8-2/h21-24H,7-20H2,1-6H3. The average Bonchev–Trinajstić information content (AvgIpc) is 2.98. The first kappa shape index (κ1) is 40.3. The quantitative estimate of drug-likeness (QED) is 0.0779. The van der Waals surface area contributed by atoms with Crippen molar-refractivity contribution in [2.45, 2.75) is 78.8 Å². The molecule has 15 nitrogen and oxygen atoms in total. The second-order valence-electron chi connectivity index (χ2n) is 9.07. The Morgan fingerprint density at radius 2 is 0.744 bits per heavy atom. The fourth-order valence-electron chi connectivity index (χ4n) is 2.62. The molecule has 0 aliphatic heterocycles. The van der Waals surface area contributed by atoms with Crippen molar-refractivity contribution in [1.29, 1.82) is 0 Å². The van der Waals surface area contributed by atoms with Crippen LogP contribution in [0, 0.1) is 0 Å². The van der Waals surface area contributed by atoms with Crippen molar-refractivity contribution in [3.63, 3.8) is 0 Å².